The first-order chi connectivity index (χ1) is 14.9. The van der Waals surface area contributed by atoms with Crippen LogP contribution in [-0.2, 0) is 19.8 Å². The van der Waals surface area contributed by atoms with Crippen molar-refractivity contribution in [3.8, 4) is 5.75 Å². The zero-order valence-electron chi connectivity index (χ0n) is 18.1. The van der Waals surface area contributed by atoms with Gasteiger partial charge in [-0.25, -0.2) is 0 Å². The molecule has 0 spiro atoms. The molecule has 2 aromatic rings. The topological polar surface area (TPSA) is 69.9 Å². The summed E-state index contributed by atoms with van der Waals surface area (Å²) in [5, 5.41) is 29.6. The SMILES string of the molecule is CCC(O)(CC)C1=CC=C(c2cccc(OCc3ccc(CO)c(CO)c3)c2)C(=S)C1. The molecule has 1 aliphatic carbocycles. The Bertz CT molecular complexity index is 1000. The van der Waals surface area contributed by atoms with Crippen molar-refractivity contribution in [3.63, 3.8) is 0 Å². The predicted octanol–water partition coefficient (Wildman–Crippen LogP) is 4.88. The Balaban J connectivity index is 1.77. The number of allylic oxidation sites excluding steroid dienone is 3. The van der Waals surface area contributed by atoms with E-state index in [1.165, 1.54) is 0 Å². The second-order valence-electron chi connectivity index (χ2n) is 7.85. The van der Waals surface area contributed by atoms with Gasteiger partial charge in [-0.05, 0) is 64.4 Å². The molecule has 5 heteroatoms. The van der Waals surface area contributed by atoms with E-state index in [9.17, 15) is 15.3 Å². The van der Waals surface area contributed by atoms with Crippen molar-refractivity contribution in [2.24, 2.45) is 0 Å². The fourth-order valence-electron chi connectivity index (χ4n) is 3.88. The van der Waals surface area contributed by atoms with Crippen molar-refractivity contribution >= 4 is 22.7 Å². The second-order valence-corrected chi connectivity index (χ2v) is 8.34. The summed E-state index contributed by atoms with van der Waals surface area (Å²) in [4.78, 5) is 0.821. The predicted molar refractivity (Wildman–Crippen MR) is 128 cm³/mol. The average molecular weight is 439 g/mol. The third-order valence-electron chi connectivity index (χ3n) is 6.03. The van der Waals surface area contributed by atoms with Crippen LogP contribution in [0, 0.1) is 0 Å². The van der Waals surface area contributed by atoms with Gasteiger partial charge in [0, 0.05) is 11.3 Å². The molecule has 0 atom stereocenters. The van der Waals surface area contributed by atoms with Crippen LogP contribution in [0.2, 0.25) is 0 Å². The normalized spacial score (nSPS) is 14.3. The average Bonchev–Trinajstić information content (AvgIpc) is 2.82. The van der Waals surface area contributed by atoms with Gasteiger partial charge in [0.15, 0.2) is 0 Å². The van der Waals surface area contributed by atoms with E-state index in [0.717, 1.165) is 38.5 Å². The van der Waals surface area contributed by atoms with Gasteiger partial charge >= 0.3 is 0 Å². The zero-order chi connectivity index (χ0) is 22.4. The molecule has 0 heterocycles. The van der Waals surface area contributed by atoms with Crippen molar-refractivity contribution in [2.45, 2.75) is 58.5 Å². The maximum Gasteiger partial charge on any atom is 0.120 e. The lowest BCUT2D eigenvalue weighted by Gasteiger charge is -2.31. The maximum atomic E-state index is 10.8. The highest BCUT2D eigenvalue weighted by atomic mass is 32.1. The van der Waals surface area contributed by atoms with Gasteiger partial charge in [-0.1, -0.05) is 62.5 Å². The Hall–Kier alpha value is -2.31. The quantitative estimate of drug-likeness (QED) is 0.487. The van der Waals surface area contributed by atoms with E-state index >= 15 is 0 Å². The number of hydrogen-bond acceptors (Lipinski definition) is 5. The first-order valence-electron chi connectivity index (χ1n) is 10.7. The molecule has 0 aliphatic heterocycles. The number of benzene rings is 2. The number of ether oxygens (including phenoxy) is 1. The Morgan fingerprint density at radius 2 is 1.71 bits per heavy atom. The van der Waals surface area contributed by atoms with Crippen molar-refractivity contribution in [2.75, 3.05) is 0 Å². The van der Waals surface area contributed by atoms with Gasteiger partial charge in [-0.2, -0.15) is 0 Å². The lowest BCUT2D eigenvalue weighted by atomic mass is 9.81. The molecule has 0 unspecified atom stereocenters. The van der Waals surface area contributed by atoms with E-state index < -0.39 is 5.60 Å². The molecule has 164 valence electrons. The number of aliphatic hydroxyl groups excluding tert-OH is 2. The molecule has 0 saturated heterocycles. The Morgan fingerprint density at radius 1 is 0.968 bits per heavy atom. The Labute approximate surface area is 189 Å². The molecular formula is C26H30O4S. The number of hydrogen-bond donors (Lipinski definition) is 3. The number of thiocarbonyl (C=S) groups is 1. The van der Waals surface area contributed by atoms with Gasteiger partial charge in [0.1, 0.15) is 12.4 Å². The molecule has 0 amide bonds. The van der Waals surface area contributed by atoms with Gasteiger partial charge in [0.05, 0.1) is 18.8 Å². The highest BCUT2D eigenvalue weighted by Crippen LogP contribution is 2.34. The van der Waals surface area contributed by atoms with Crippen molar-refractivity contribution < 1.29 is 20.1 Å². The van der Waals surface area contributed by atoms with Gasteiger partial charge in [0.25, 0.3) is 0 Å². The lowest BCUT2D eigenvalue weighted by molar-refractivity contribution is 0.0687. The Morgan fingerprint density at radius 3 is 2.35 bits per heavy atom. The molecule has 0 aromatic heterocycles. The van der Waals surface area contributed by atoms with Crippen LogP contribution in [-0.4, -0.2) is 25.8 Å². The molecule has 0 fully saturated rings. The minimum atomic E-state index is -0.796. The van der Waals surface area contributed by atoms with Crippen LogP contribution in [0.1, 0.15) is 55.4 Å². The fraction of sp³-hybridized carbons (Fsp3) is 0.346. The van der Waals surface area contributed by atoms with Crippen molar-refractivity contribution in [3.05, 3.63) is 82.4 Å². The summed E-state index contributed by atoms with van der Waals surface area (Å²) in [7, 11) is 0. The van der Waals surface area contributed by atoms with Crippen molar-refractivity contribution in [1.82, 2.24) is 0 Å². The minimum absolute atomic E-state index is 0.0990. The van der Waals surface area contributed by atoms with E-state index in [1.54, 1.807) is 0 Å². The number of aliphatic hydroxyl groups is 3. The van der Waals surface area contributed by atoms with Gasteiger partial charge < -0.3 is 20.1 Å². The van der Waals surface area contributed by atoms with Gasteiger partial charge in [0.2, 0.25) is 0 Å². The molecule has 2 aromatic carbocycles. The van der Waals surface area contributed by atoms with E-state index in [0.29, 0.717) is 31.4 Å². The second kappa shape index (κ2) is 10.3. The summed E-state index contributed by atoms with van der Waals surface area (Å²) in [5.74, 6) is 0.728. The van der Waals surface area contributed by atoms with Crippen LogP contribution in [0.3, 0.4) is 0 Å². The van der Waals surface area contributed by atoms with E-state index in [-0.39, 0.29) is 13.2 Å². The molecule has 3 rings (SSSR count). The first-order valence-corrected chi connectivity index (χ1v) is 11.1. The van der Waals surface area contributed by atoms with Crippen LogP contribution >= 0.6 is 12.2 Å². The third-order valence-corrected chi connectivity index (χ3v) is 6.40. The van der Waals surface area contributed by atoms with Crippen LogP contribution in [0.25, 0.3) is 5.57 Å². The summed E-state index contributed by atoms with van der Waals surface area (Å²) in [5.41, 5.74) is 4.49. The van der Waals surface area contributed by atoms with Gasteiger partial charge in [-0.3, -0.25) is 0 Å². The highest BCUT2D eigenvalue weighted by molar-refractivity contribution is 7.81. The smallest absolute Gasteiger partial charge is 0.120 e. The first kappa shape index (κ1) is 23.4. The standard InChI is InChI=1S/C26H30O4S/c1-3-26(29,4-2)22-10-11-24(25(31)14-22)19-6-5-7-23(13-19)30-17-18-8-9-20(15-27)21(12-18)16-28/h5-13,27-29H,3-4,14-17H2,1-2H3. The summed E-state index contributed by atoms with van der Waals surface area (Å²) >= 11 is 5.68. The molecule has 0 radical (unpaired) electrons. The molecule has 3 N–H and O–H groups in total. The molecule has 31 heavy (non-hydrogen) atoms. The van der Waals surface area contributed by atoms with Crippen LogP contribution in [0.5, 0.6) is 5.75 Å². The van der Waals surface area contributed by atoms with Gasteiger partial charge in [-0.15, -0.1) is 0 Å². The summed E-state index contributed by atoms with van der Waals surface area (Å²) in [6.45, 7) is 4.13. The van der Waals surface area contributed by atoms with E-state index in [4.69, 9.17) is 17.0 Å². The molecule has 0 bridgehead atoms. The monoisotopic (exact) mass is 438 g/mol. The van der Waals surface area contributed by atoms with E-state index in [1.807, 2.05) is 68.5 Å². The third kappa shape index (κ3) is 5.31. The summed E-state index contributed by atoms with van der Waals surface area (Å²) in [6, 6.07) is 13.4. The van der Waals surface area contributed by atoms with E-state index in [2.05, 4.69) is 0 Å². The summed E-state index contributed by atoms with van der Waals surface area (Å²) in [6.07, 6.45) is 5.93. The molecular weight excluding hydrogens is 408 g/mol. The van der Waals surface area contributed by atoms with Crippen LogP contribution in [0.15, 0.2) is 60.2 Å². The Kier molecular flexibility index (Phi) is 7.79. The fourth-order valence-corrected chi connectivity index (χ4v) is 4.22. The summed E-state index contributed by atoms with van der Waals surface area (Å²) < 4.78 is 5.97. The highest BCUT2D eigenvalue weighted by Gasteiger charge is 2.30. The largest absolute Gasteiger partial charge is 0.489 e. The minimum Gasteiger partial charge on any atom is -0.489 e. The molecule has 1 aliphatic rings. The maximum absolute atomic E-state index is 10.8. The number of rotatable bonds is 9. The van der Waals surface area contributed by atoms with Crippen LogP contribution in [0.4, 0.5) is 0 Å². The zero-order valence-corrected chi connectivity index (χ0v) is 18.9. The molecule has 4 nitrogen and oxygen atoms in total. The van der Waals surface area contributed by atoms with Crippen molar-refractivity contribution in [1.29, 1.82) is 0 Å². The van der Waals surface area contributed by atoms with Crippen LogP contribution < -0.4 is 4.74 Å². The lowest BCUT2D eigenvalue weighted by Crippen LogP contribution is -2.31. The molecule has 0 saturated carbocycles.